The minimum absolute atomic E-state index is 0.107. The predicted molar refractivity (Wildman–Crippen MR) is 71.7 cm³/mol. The van der Waals surface area contributed by atoms with Gasteiger partial charge in [-0.3, -0.25) is 0 Å². The highest BCUT2D eigenvalue weighted by atomic mass is 32.2. The lowest BCUT2D eigenvalue weighted by Gasteiger charge is -2.16. The highest BCUT2D eigenvalue weighted by molar-refractivity contribution is 7.90. The third kappa shape index (κ3) is 3.83. The van der Waals surface area contributed by atoms with Crippen LogP contribution in [0.1, 0.15) is 12.8 Å². The molecule has 1 aliphatic heterocycles. The van der Waals surface area contributed by atoms with Crippen LogP contribution in [-0.2, 0) is 9.84 Å². The van der Waals surface area contributed by atoms with E-state index >= 15 is 0 Å². The summed E-state index contributed by atoms with van der Waals surface area (Å²) in [5, 5.41) is 3.01. The van der Waals surface area contributed by atoms with Crippen LogP contribution in [0.5, 0.6) is 0 Å². The fraction of sp³-hybridized carbons (Fsp3) is 0.636. The standard InChI is InChI=1S/C11H18N4O2S/c1-18(16,17)7-4-12-10-8-11(14-9-13-10)15-5-2-3-6-15/h8-9H,2-7H2,1H3,(H,12,13,14). The van der Waals surface area contributed by atoms with Gasteiger partial charge in [0.25, 0.3) is 0 Å². The zero-order valence-electron chi connectivity index (χ0n) is 10.5. The predicted octanol–water partition coefficient (Wildman–Crippen LogP) is 0.533. The maximum absolute atomic E-state index is 11.0. The van der Waals surface area contributed by atoms with Crippen LogP contribution in [-0.4, -0.2) is 50.0 Å². The maximum atomic E-state index is 11.0. The molecule has 2 rings (SSSR count). The molecule has 0 aromatic carbocycles. The summed E-state index contributed by atoms with van der Waals surface area (Å²) in [6.45, 7) is 2.43. The quantitative estimate of drug-likeness (QED) is 0.841. The molecule has 0 spiro atoms. The second kappa shape index (κ2) is 5.51. The van der Waals surface area contributed by atoms with E-state index in [0.717, 1.165) is 18.9 Å². The average Bonchev–Trinajstić information content (AvgIpc) is 2.81. The molecule has 0 saturated carbocycles. The van der Waals surface area contributed by atoms with Crippen molar-refractivity contribution in [2.45, 2.75) is 12.8 Å². The molecule has 7 heteroatoms. The van der Waals surface area contributed by atoms with Crippen molar-refractivity contribution in [3.8, 4) is 0 Å². The van der Waals surface area contributed by atoms with Crippen LogP contribution >= 0.6 is 0 Å². The first-order valence-corrected chi connectivity index (χ1v) is 8.09. The molecule has 2 heterocycles. The molecule has 0 unspecified atom stereocenters. The lowest BCUT2D eigenvalue weighted by molar-refractivity contribution is 0.602. The number of anilines is 2. The third-order valence-electron chi connectivity index (χ3n) is 2.86. The monoisotopic (exact) mass is 270 g/mol. The fourth-order valence-corrected chi connectivity index (χ4v) is 2.40. The molecule has 1 N–H and O–H groups in total. The lowest BCUT2D eigenvalue weighted by atomic mass is 10.4. The van der Waals surface area contributed by atoms with Crippen molar-refractivity contribution in [2.24, 2.45) is 0 Å². The van der Waals surface area contributed by atoms with Crippen LogP contribution in [0, 0.1) is 0 Å². The molecule has 1 fully saturated rings. The summed E-state index contributed by atoms with van der Waals surface area (Å²) in [6, 6.07) is 1.87. The van der Waals surface area contributed by atoms with E-state index in [9.17, 15) is 8.42 Å². The first-order valence-electron chi connectivity index (χ1n) is 6.03. The Balaban J connectivity index is 1.94. The van der Waals surface area contributed by atoms with Gasteiger partial charge in [0.1, 0.15) is 27.8 Å². The average molecular weight is 270 g/mol. The van der Waals surface area contributed by atoms with Gasteiger partial charge in [0, 0.05) is 32.0 Å². The summed E-state index contributed by atoms with van der Waals surface area (Å²) < 4.78 is 22.0. The van der Waals surface area contributed by atoms with Gasteiger partial charge in [-0.15, -0.1) is 0 Å². The number of nitrogens with one attached hydrogen (secondary N) is 1. The summed E-state index contributed by atoms with van der Waals surface area (Å²) in [4.78, 5) is 10.5. The number of rotatable bonds is 5. The van der Waals surface area contributed by atoms with Gasteiger partial charge in [0.2, 0.25) is 0 Å². The van der Waals surface area contributed by atoms with Gasteiger partial charge in [-0.05, 0) is 12.8 Å². The molecule has 0 atom stereocenters. The van der Waals surface area contributed by atoms with Crippen molar-refractivity contribution in [1.29, 1.82) is 0 Å². The maximum Gasteiger partial charge on any atom is 0.149 e. The molecule has 1 aromatic heterocycles. The summed E-state index contributed by atoms with van der Waals surface area (Å²) in [5.74, 6) is 1.69. The normalized spacial score (nSPS) is 15.9. The van der Waals surface area contributed by atoms with E-state index < -0.39 is 9.84 Å². The first kappa shape index (κ1) is 13.1. The van der Waals surface area contributed by atoms with Gasteiger partial charge in [0.05, 0.1) is 5.75 Å². The van der Waals surface area contributed by atoms with E-state index in [1.807, 2.05) is 6.07 Å². The van der Waals surface area contributed by atoms with Crippen molar-refractivity contribution in [3.63, 3.8) is 0 Å². The number of aromatic nitrogens is 2. The molecular weight excluding hydrogens is 252 g/mol. The van der Waals surface area contributed by atoms with Crippen LogP contribution in [0.3, 0.4) is 0 Å². The van der Waals surface area contributed by atoms with Gasteiger partial charge >= 0.3 is 0 Å². The highest BCUT2D eigenvalue weighted by Gasteiger charge is 2.13. The SMILES string of the molecule is CS(=O)(=O)CCNc1cc(N2CCCC2)ncn1. The Labute approximate surface area is 107 Å². The summed E-state index contributed by atoms with van der Waals surface area (Å²) in [5.41, 5.74) is 0. The Kier molecular flexibility index (Phi) is 4.00. The van der Waals surface area contributed by atoms with Crippen molar-refractivity contribution in [3.05, 3.63) is 12.4 Å². The second-order valence-corrected chi connectivity index (χ2v) is 6.77. The molecule has 18 heavy (non-hydrogen) atoms. The zero-order chi connectivity index (χ0) is 13.0. The zero-order valence-corrected chi connectivity index (χ0v) is 11.3. The van der Waals surface area contributed by atoms with Gasteiger partial charge in [-0.25, -0.2) is 18.4 Å². The first-order chi connectivity index (χ1) is 8.54. The second-order valence-electron chi connectivity index (χ2n) is 4.51. The van der Waals surface area contributed by atoms with Crippen LogP contribution in [0.15, 0.2) is 12.4 Å². The van der Waals surface area contributed by atoms with Crippen LogP contribution < -0.4 is 10.2 Å². The minimum Gasteiger partial charge on any atom is -0.369 e. The third-order valence-corrected chi connectivity index (χ3v) is 3.81. The van der Waals surface area contributed by atoms with E-state index in [1.165, 1.54) is 25.4 Å². The molecule has 0 bridgehead atoms. The van der Waals surface area contributed by atoms with Crippen LogP contribution in [0.4, 0.5) is 11.6 Å². The fourth-order valence-electron chi connectivity index (χ4n) is 1.93. The van der Waals surface area contributed by atoms with Gasteiger partial charge in [-0.2, -0.15) is 0 Å². The number of hydrogen-bond acceptors (Lipinski definition) is 6. The highest BCUT2D eigenvalue weighted by Crippen LogP contribution is 2.18. The van der Waals surface area contributed by atoms with E-state index in [2.05, 4.69) is 20.2 Å². The largest absolute Gasteiger partial charge is 0.369 e. The Morgan fingerprint density at radius 2 is 2.06 bits per heavy atom. The van der Waals surface area contributed by atoms with E-state index in [0.29, 0.717) is 12.4 Å². The van der Waals surface area contributed by atoms with E-state index in [4.69, 9.17) is 0 Å². The molecule has 0 radical (unpaired) electrons. The van der Waals surface area contributed by atoms with E-state index in [1.54, 1.807) is 0 Å². The molecule has 0 aliphatic carbocycles. The van der Waals surface area contributed by atoms with Gasteiger partial charge < -0.3 is 10.2 Å². The van der Waals surface area contributed by atoms with Crippen molar-refractivity contribution < 1.29 is 8.42 Å². The summed E-state index contributed by atoms with van der Waals surface area (Å²) in [7, 11) is -2.94. The van der Waals surface area contributed by atoms with E-state index in [-0.39, 0.29) is 5.75 Å². The van der Waals surface area contributed by atoms with Crippen LogP contribution in [0.25, 0.3) is 0 Å². The molecular formula is C11H18N4O2S. The Bertz CT molecular complexity index is 498. The lowest BCUT2D eigenvalue weighted by Crippen LogP contribution is -2.20. The Hall–Kier alpha value is -1.37. The molecule has 1 saturated heterocycles. The molecule has 0 amide bonds. The topological polar surface area (TPSA) is 75.2 Å². The summed E-state index contributed by atoms with van der Waals surface area (Å²) in [6.07, 6.45) is 5.13. The molecule has 6 nitrogen and oxygen atoms in total. The molecule has 1 aliphatic rings. The number of sulfone groups is 1. The molecule has 100 valence electrons. The number of nitrogens with zero attached hydrogens (tertiary/aromatic N) is 3. The summed E-state index contributed by atoms with van der Waals surface area (Å²) >= 11 is 0. The smallest absolute Gasteiger partial charge is 0.149 e. The Morgan fingerprint density at radius 1 is 1.33 bits per heavy atom. The van der Waals surface area contributed by atoms with Gasteiger partial charge in [0.15, 0.2) is 0 Å². The molecule has 1 aromatic rings. The van der Waals surface area contributed by atoms with Crippen molar-refractivity contribution in [2.75, 3.05) is 41.9 Å². The Morgan fingerprint density at radius 3 is 2.72 bits per heavy atom. The van der Waals surface area contributed by atoms with Crippen molar-refractivity contribution in [1.82, 2.24) is 9.97 Å². The number of hydrogen-bond donors (Lipinski definition) is 1. The van der Waals surface area contributed by atoms with Crippen molar-refractivity contribution >= 4 is 21.5 Å². The van der Waals surface area contributed by atoms with Gasteiger partial charge in [-0.1, -0.05) is 0 Å². The van der Waals surface area contributed by atoms with Crippen LogP contribution in [0.2, 0.25) is 0 Å². The minimum atomic E-state index is -2.94.